The summed E-state index contributed by atoms with van der Waals surface area (Å²) < 4.78 is 0. The molecule has 1 aromatic rings. The van der Waals surface area contributed by atoms with Crippen molar-refractivity contribution in [3.63, 3.8) is 0 Å². The van der Waals surface area contributed by atoms with Crippen molar-refractivity contribution in [3.8, 4) is 0 Å². The van der Waals surface area contributed by atoms with Crippen molar-refractivity contribution in [1.29, 1.82) is 0 Å². The molecule has 3 atom stereocenters. The lowest BCUT2D eigenvalue weighted by molar-refractivity contribution is 0.200. The molecule has 1 N–H and O–H groups in total. The Kier molecular flexibility index (Phi) is 3.01. The Hall–Kier alpha value is -0.380. The molecule has 2 nitrogen and oxygen atoms in total. The number of rotatable bonds is 2. The normalized spacial score (nSPS) is 32.6. The number of nitrogens with one attached hydrogen (secondary N) is 1. The molecule has 0 aromatic carbocycles. The third-order valence-electron chi connectivity index (χ3n) is 4.13. The maximum atomic E-state index is 3.74. The predicted octanol–water partition coefficient (Wildman–Crippen LogP) is 2.64. The fourth-order valence-electron chi connectivity index (χ4n) is 3.05. The SMILES string of the molecule is CC(c1ccsc1)N1CCC2CCC(C1)N2. The Bertz CT molecular complexity index is 336. The van der Waals surface area contributed by atoms with Gasteiger partial charge in [-0.3, -0.25) is 4.90 Å². The molecule has 3 heteroatoms. The Morgan fingerprint density at radius 2 is 2.25 bits per heavy atom. The van der Waals surface area contributed by atoms with Gasteiger partial charge in [0.15, 0.2) is 0 Å². The van der Waals surface area contributed by atoms with E-state index in [1.54, 1.807) is 0 Å². The van der Waals surface area contributed by atoms with E-state index in [9.17, 15) is 0 Å². The summed E-state index contributed by atoms with van der Waals surface area (Å²) in [5.41, 5.74) is 1.49. The zero-order valence-electron chi connectivity index (χ0n) is 9.86. The molecular weight excluding hydrogens is 216 g/mol. The zero-order valence-corrected chi connectivity index (χ0v) is 10.7. The van der Waals surface area contributed by atoms with Crippen molar-refractivity contribution in [3.05, 3.63) is 22.4 Å². The van der Waals surface area contributed by atoms with Crippen LogP contribution in [0.4, 0.5) is 0 Å². The zero-order chi connectivity index (χ0) is 11.0. The summed E-state index contributed by atoms with van der Waals surface area (Å²) in [5.74, 6) is 0. The highest BCUT2D eigenvalue weighted by atomic mass is 32.1. The van der Waals surface area contributed by atoms with E-state index in [1.807, 2.05) is 11.3 Å². The van der Waals surface area contributed by atoms with E-state index in [0.29, 0.717) is 6.04 Å². The van der Waals surface area contributed by atoms with Crippen LogP contribution in [-0.4, -0.2) is 30.1 Å². The van der Waals surface area contributed by atoms with Gasteiger partial charge >= 0.3 is 0 Å². The number of hydrogen-bond acceptors (Lipinski definition) is 3. The quantitative estimate of drug-likeness (QED) is 0.849. The minimum Gasteiger partial charge on any atom is -0.310 e. The van der Waals surface area contributed by atoms with Gasteiger partial charge in [0.25, 0.3) is 0 Å². The molecule has 3 rings (SSSR count). The molecule has 2 aliphatic rings. The molecule has 16 heavy (non-hydrogen) atoms. The fraction of sp³-hybridized carbons (Fsp3) is 0.692. The first kappa shape index (κ1) is 10.8. The van der Waals surface area contributed by atoms with E-state index < -0.39 is 0 Å². The van der Waals surface area contributed by atoms with Gasteiger partial charge in [0, 0.05) is 31.2 Å². The van der Waals surface area contributed by atoms with Gasteiger partial charge < -0.3 is 5.32 Å². The third kappa shape index (κ3) is 2.04. The van der Waals surface area contributed by atoms with E-state index >= 15 is 0 Å². The molecule has 1 aromatic heterocycles. The highest BCUT2D eigenvalue weighted by molar-refractivity contribution is 7.07. The van der Waals surface area contributed by atoms with E-state index in [0.717, 1.165) is 12.1 Å². The van der Waals surface area contributed by atoms with Crippen LogP contribution in [0.5, 0.6) is 0 Å². The molecule has 2 saturated heterocycles. The lowest BCUT2D eigenvalue weighted by atomic mass is 10.1. The van der Waals surface area contributed by atoms with Crippen molar-refractivity contribution in [2.24, 2.45) is 0 Å². The van der Waals surface area contributed by atoms with Gasteiger partial charge in [-0.25, -0.2) is 0 Å². The van der Waals surface area contributed by atoms with Crippen LogP contribution in [0.2, 0.25) is 0 Å². The number of hydrogen-bond donors (Lipinski definition) is 1. The van der Waals surface area contributed by atoms with E-state index in [1.165, 1.54) is 37.9 Å². The summed E-state index contributed by atoms with van der Waals surface area (Å²) >= 11 is 1.81. The standard InChI is InChI=1S/C13H20N2S/c1-10(11-5-7-16-9-11)15-6-4-12-2-3-13(8-15)14-12/h5,7,9-10,12-14H,2-4,6,8H2,1H3. The van der Waals surface area contributed by atoms with Crippen molar-refractivity contribution in [1.82, 2.24) is 10.2 Å². The van der Waals surface area contributed by atoms with Crippen LogP contribution in [0.1, 0.15) is 37.8 Å². The van der Waals surface area contributed by atoms with Gasteiger partial charge in [-0.2, -0.15) is 11.3 Å². The first-order chi connectivity index (χ1) is 7.83. The van der Waals surface area contributed by atoms with Crippen LogP contribution in [0.3, 0.4) is 0 Å². The largest absolute Gasteiger partial charge is 0.310 e. The van der Waals surface area contributed by atoms with Crippen LogP contribution >= 0.6 is 11.3 Å². The Labute approximate surface area is 102 Å². The van der Waals surface area contributed by atoms with E-state index in [2.05, 4.69) is 34.0 Å². The van der Waals surface area contributed by atoms with Crippen LogP contribution in [0, 0.1) is 0 Å². The monoisotopic (exact) mass is 236 g/mol. The number of thiophene rings is 1. The molecule has 3 heterocycles. The molecule has 0 radical (unpaired) electrons. The average molecular weight is 236 g/mol. The molecule has 0 amide bonds. The summed E-state index contributed by atoms with van der Waals surface area (Å²) in [6.07, 6.45) is 4.09. The summed E-state index contributed by atoms with van der Waals surface area (Å²) in [6.45, 7) is 4.83. The van der Waals surface area contributed by atoms with Crippen molar-refractivity contribution in [2.45, 2.75) is 44.3 Å². The lowest BCUT2D eigenvalue weighted by Gasteiger charge is -2.30. The molecule has 0 spiro atoms. The van der Waals surface area contributed by atoms with Crippen LogP contribution in [0.15, 0.2) is 16.8 Å². The summed E-state index contributed by atoms with van der Waals surface area (Å²) in [4.78, 5) is 2.65. The van der Waals surface area contributed by atoms with E-state index in [-0.39, 0.29) is 0 Å². The Balaban J connectivity index is 1.70. The molecule has 3 unspecified atom stereocenters. The number of fused-ring (bicyclic) bond motifs is 2. The van der Waals surface area contributed by atoms with Crippen LogP contribution < -0.4 is 5.32 Å². The first-order valence-corrected chi connectivity index (χ1v) is 7.29. The minimum atomic E-state index is 0.590. The van der Waals surface area contributed by atoms with Crippen molar-refractivity contribution < 1.29 is 0 Å². The molecule has 0 saturated carbocycles. The average Bonchev–Trinajstić information content (AvgIpc) is 2.87. The number of likely N-dealkylation sites (tertiary alicyclic amines) is 1. The molecule has 0 aliphatic carbocycles. The molecule has 2 bridgehead atoms. The Morgan fingerprint density at radius 1 is 1.38 bits per heavy atom. The van der Waals surface area contributed by atoms with Gasteiger partial charge in [0.1, 0.15) is 0 Å². The summed E-state index contributed by atoms with van der Waals surface area (Å²) in [7, 11) is 0. The second-order valence-electron chi connectivity index (χ2n) is 5.15. The second-order valence-corrected chi connectivity index (χ2v) is 5.93. The van der Waals surface area contributed by atoms with Crippen LogP contribution in [-0.2, 0) is 0 Å². The summed E-state index contributed by atoms with van der Waals surface area (Å²) in [6, 6.07) is 4.40. The molecule has 2 fully saturated rings. The molecule has 88 valence electrons. The third-order valence-corrected chi connectivity index (χ3v) is 4.83. The topological polar surface area (TPSA) is 15.3 Å². The van der Waals surface area contributed by atoms with Crippen molar-refractivity contribution >= 4 is 11.3 Å². The maximum absolute atomic E-state index is 3.74. The number of nitrogens with zero attached hydrogens (tertiary/aromatic N) is 1. The molecular formula is C13H20N2S. The lowest BCUT2D eigenvalue weighted by Crippen LogP contribution is -2.36. The molecule has 2 aliphatic heterocycles. The second kappa shape index (κ2) is 4.47. The smallest absolute Gasteiger partial charge is 0.0328 e. The van der Waals surface area contributed by atoms with Gasteiger partial charge in [-0.05, 0) is 48.6 Å². The van der Waals surface area contributed by atoms with Gasteiger partial charge in [0.05, 0.1) is 0 Å². The maximum Gasteiger partial charge on any atom is 0.0328 e. The minimum absolute atomic E-state index is 0.590. The van der Waals surface area contributed by atoms with E-state index in [4.69, 9.17) is 0 Å². The van der Waals surface area contributed by atoms with Gasteiger partial charge in [0.2, 0.25) is 0 Å². The highest BCUT2D eigenvalue weighted by Crippen LogP contribution is 2.28. The highest BCUT2D eigenvalue weighted by Gasteiger charge is 2.31. The van der Waals surface area contributed by atoms with Gasteiger partial charge in [-0.15, -0.1) is 0 Å². The van der Waals surface area contributed by atoms with Crippen LogP contribution in [0.25, 0.3) is 0 Å². The Morgan fingerprint density at radius 3 is 3.06 bits per heavy atom. The predicted molar refractivity (Wildman–Crippen MR) is 68.9 cm³/mol. The van der Waals surface area contributed by atoms with Crippen molar-refractivity contribution in [2.75, 3.05) is 13.1 Å². The first-order valence-electron chi connectivity index (χ1n) is 6.35. The summed E-state index contributed by atoms with van der Waals surface area (Å²) in [5, 5.41) is 8.23. The fourth-order valence-corrected chi connectivity index (χ4v) is 3.79. The van der Waals surface area contributed by atoms with Gasteiger partial charge in [-0.1, -0.05) is 0 Å².